The van der Waals surface area contributed by atoms with Crippen LogP contribution in [0.5, 0.6) is 0 Å². The van der Waals surface area contributed by atoms with Gasteiger partial charge in [0.2, 0.25) is 5.91 Å². The predicted octanol–water partition coefficient (Wildman–Crippen LogP) is 2.48. The summed E-state index contributed by atoms with van der Waals surface area (Å²) >= 11 is 1.69. The zero-order valence-electron chi connectivity index (χ0n) is 12.7. The number of likely N-dealkylation sites (N-methyl/N-ethyl adjacent to an activating group) is 1. The van der Waals surface area contributed by atoms with E-state index in [0.717, 1.165) is 19.5 Å². The summed E-state index contributed by atoms with van der Waals surface area (Å²) in [7, 11) is 1.98. The lowest BCUT2D eigenvalue weighted by atomic mass is 10.1. The predicted molar refractivity (Wildman–Crippen MR) is 87.9 cm³/mol. The van der Waals surface area contributed by atoms with Crippen molar-refractivity contribution in [2.45, 2.75) is 43.0 Å². The third-order valence-electron chi connectivity index (χ3n) is 4.61. The van der Waals surface area contributed by atoms with Gasteiger partial charge in [-0.3, -0.25) is 4.79 Å². The molecule has 0 saturated carbocycles. The Kier molecular flexibility index (Phi) is 4.86. The number of likely N-dealkylation sites (tertiary alicyclic amines) is 1. The van der Waals surface area contributed by atoms with E-state index in [0.29, 0.717) is 11.8 Å². The van der Waals surface area contributed by atoms with Gasteiger partial charge in [-0.05, 0) is 62.4 Å². The Labute approximate surface area is 131 Å². The van der Waals surface area contributed by atoms with Crippen molar-refractivity contribution in [2.75, 3.05) is 25.9 Å². The molecule has 1 aromatic rings. The minimum absolute atomic E-state index is 0.278. The van der Waals surface area contributed by atoms with Crippen LogP contribution in [0.2, 0.25) is 0 Å². The Bertz CT molecular complexity index is 518. The summed E-state index contributed by atoms with van der Waals surface area (Å²) in [5, 5.41) is 3.29. The number of carbonyl (C=O) groups excluding carboxylic acids is 1. The van der Waals surface area contributed by atoms with E-state index in [-0.39, 0.29) is 5.91 Å². The number of thioether (sulfide) groups is 1. The van der Waals surface area contributed by atoms with E-state index in [1.165, 1.54) is 41.7 Å². The molecule has 1 saturated heterocycles. The summed E-state index contributed by atoms with van der Waals surface area (Å²) in [4.78, 5) is 15.6. The van der Waals surface area contributed by atoms with Crippen LogP contribution in [-0.2, 0) is 17.6 Å². The molecular weight excluding hydrogens is 280 g/mol. The van der Waals surface area contributed by atoms with Crippen molar-refractivity contribution in [1.29, 1.82) is 0 Å². The highest BCUT2D eigenvalue weighted by molar-refractivity contribution is 8.00. The van der Waals surface area contributed by atoms with Crippen molar-refractivity contribution in [3.63, 3.8) is 0 Å². The summed E-state index contributed by atoms with van der Waals surface area (Å²) in [5.41, 5.74) is 2.99. The van der Waals surface area contributed by atoms with Crippen LogP contribution in [0.25, 0.3) is 0 Å². The molecule has 0 aromatic heterocycles. The maximum atomic E-state index is 12.3. The van der Waals surface area contributed by atoms with Gasteiger partial charge >= 0.3 is 0 Å². The number of nitrogens with one attached hydrogen (secondary N) is 1. The Balaban J connectivity index is 1.53. The van der Waals surface area contributed by atoms with Gasteiger partial charge in [-0.1, -0.05) is 6.07 Å². The maximum Gasteiger partial charge on any atom is 0.232 e. The van der Waals surface area contributed by atoms with E-state index < -0.39 is 0 Å². The molecular formula is C17H24N2OS. The quantitative estimate of drug-likeness (QED) is 0.867. The molecule has 2 aliphatic rings. The lowest BCUT2D eigenvalue weighted by Gasteiger charge is -2.32. The van der Waals surface area contributed by atoms with E-state index in [1.807, 2.05) is 11.9 Å². The first-order valence-electron chi connectivity index (χ1n) is 7.96. The normalized spacial score (nSPS) is 21.4. The average molecular weight is 304 g/mol. The van der Waals surface area contributed by atoms with Crippen LogP contribution >= 0.6 is 11.8 Å². The molecule has 0 bridgehead atoms. The van der Waals surface area contributed by atoms with Gasteiger partial charge in [0.05, 0.1) is 5.75 Å². The number of hydrogen-bond acceptors (Lipinski definition) is 3. The molecule has 1 aromatic carbocycles. The van der Waals surface area contributed by atoms with Crippen LogP contribution in [0, 0.1) is 0 Å². The number of piperidine rings is 1. The molecule has 1 aliphatic heterocycles. The van der Waals surface area contributed by atoms with Crippen molar-refractivity contribution >= 4 is 17.7 Å². The Morgan fingerprint density at radius 1 is 1.33 bits per heavy atom. The molecule has 114 valence electrons. The summed E-state index contributed by atoms with van der Waals surface area (Å²) in [6, 6.07) is 7.17. The largest absolute Gasteiger partial charge is 0.340 e. The average Bonchev–Trinajstić information content (AvgIpc) is 3.00. The summed E-state index contributed by atoms with van der Waals surface area (Å²) < 4.78 is 0. The smallest absolute Gasteiger partial charge is 0.232 e. The summed E-state index contributed by atoms with van der Waals surface area (Å²) in [6.07, 6.45) is 5.99. The molecule has 1 atom stereocenters. The third-order valence-corrected chi connectivity index (χ3v) is 5.59. The summed E-state index contributed by atoms with van der Waals surface area (Å²) in [5.74, 6) is 0.843. The first kappa shape index (κ1) is 14.9. The van der Waals surface area contributed by atoms with Crippen molar-refractivity contribution in [3.8, 4) is 0 Å². The fraction of sp³-hybridized carbons (Fsp3) is 0.588. The number of benzene rings is 1. The van der Waals surface area contributed by atoms with E-state index >= 15 is 0 Å². The van der Waals surface area contributed by atoms with E-state index in [9.17, 15) is 4.79 Å². The Morgan fingerprint density at radius 2 is 2.19 bits per heavy atom. The second-order valence-electron chi connectivity index (χ2n) is 6.04. The standard InChI is InChI=1S/C17H24N2OS/c1-18-15-6-3-9-19(11-15)17(20)12-21-16-8-7-13-4-2-5-14(13)10-16/h7-8,10,15,18H,2-6,9,11-12H2,1H3. The van der Waals surface area contributed by atoms with E-state index in [4.69, 9.17) is 0 Å². The third kappa shape index (κ3) is 3.61. The van der Waals surface area contributed by atoms with Gasteiger partial charge in [-0.15, -0.1) is 11.8 Å². The van der Waals surface area contributed by atoms with Gasteiger partial charge < -0.3 is 10.2 Å². The number of nitrogens with zero attached hydrogens (tertiary/aromatic N) is 1. The molecule has 21 heavy (non-hydrogen) atoms. The minimum Gasteiger partial charge on any atom is -0.340 e. The molecule has 1 fully saturated rings. The summed E-state index contributed by atoms with van der Waals surface area (Å²) in [6.45, 7) is 1.78. The number of fused-ring (bicyclic) bond motifs is 1. The molecule has 1 amide bonds. The highest BCUT2D eigenvalue weighted by Gasteiger charge is 2.22. The van der Waals surface area contributed by atoms with E-state index in [1.54, 1.807) is 11.8 Å². The number of hydrogen-bond donors (Lipinski definition) is 1. The van der Waals surface area contributed by atoms with Gasteiger partial charge in [0, 0.05) is 24.0 Å². The number of carbonyl (C=O) groups is 1. The Hall–Kier alpha value is -1.00. The fourth-order valence-corrected chi connectivity index (χ4v) is 4.18. The van der Waals surface area contributed by atoms with E-state index in [2.05, 4.69) is 23.5 Å². The van der Waals surface area contributed by atoms with Crippen LogP contribution < -0.4 is 5.32 Å². The maximum absolute atomic E-state index is 12.3. The molecule has 1 heterocycles. The van der Waals surface area contributed by atoms with Crippen molar-refractivity contribution in [2.24, 2.45) is 0 Å². The van der Waals surface area contributed by atoms with Crippen LogP contribution in [0.4, 0.5) is 0 Å². The Morgan fingerprint density at radius 3 is 3.05 bits per heavy atom. The molecule has 0 spiro atoms. The van der Waals surface area contributed by atoms with Crippen LogP contribution in [-0.4, -0.2) is 42.7 Å². The number of aryl methyl sites for hydroxylation is 2. The lowest BCUT2D eigenvalue weighted by molar-refractivity contribution is -0.129. The highest BCUT2D eigenvalue weighted by Crippen LogP contribution is 2.27. The highest BCUT2D eigenvalue weighted by atomic mass is 32.2. The zero-order valence-corrected chi connectivity index (χ0v) is 13.5. The lowest BCUT2D eigenvalue weighted by Crippen LogP contribution is -2.47. The van der Waals surface area contributed by atoms with Crippen LogP contribution in [0.1, 0.15) is 30.4 Å². The second-order valence-corrected chi connectivity index (χ2v) is 7.09. The fourth-order valence-electron chi connectivity index (χ4n) is 3.31. The van der Waals surface area contributed by atoms with Crippen molar-refractivity contribution in [3.05, 3.63) is 29.3 Å². The van der Waals surface area contributed by atoms with Gasteiger partial charge in [-0.25, -0.2) is 0 Å². The molecule has 1 aliphatic carbocycles. The SMILES string of the molecule is CNC1CCCN(C(=O)CSc2ccc3c(c2)CCC3)C1. The van der Waals surface area contributed by atoms with Gasteiger partial charge in [0.15, 0.2) is 0 Å². The molecule has 1 unspecified atom stereocenters. The monoisotopic (exact) mass is 304 g/mol. The molecule has 3 rings (SSSR count). The molecule has 0 radical (unpaired) electrons. The van der Waals surface area contributed by atoms with Crippen LogP contribution in [0.3, 0.4) is 0 Å². The second kappa shape index (κ2) is 6.84. The molecule has 3 nitrogen and oxygen atoms in total. The van der Waals surface area contributed by atoms with Gasteiger partial charge in [0.1, 0.15) is 0 Å². The first-order chi connectivity index (χ1) is 10.3. The molecule has 4 heteroatoms. The number of rotatable bonds is 4. The molecule has 1 N–H and O–H groups in total. The van der Waals surface area contributed by atoms with Gasteiger partial charge in [0.25, 0.3) is 0 Å². The van der Waals surface area contributed by atoms with Crippen molar-refractivity contribution < 1.29 is 4.79 Å². The number of amides is 1. The topological polar surface area (TPSA) is 32.3 Å². The van der Waals surface area contributed by atoms with Gasteiger partial charge in [-0.2, -0.15) is 0 Å². The van der Waals surface area contributed by atoms with Crippen LogP contribution in [0.15, 0.2) is 23.1 Å². The van der Waals surface area contributed by atoms with Crippen molar-refractivity contribution in [1.82, 2.24) is 10.2 Å². The zero-order chi connectivity index (χ0) is 14.7. The minimum atomic E-state index is 0.278. The first-order valence-corrected chi connectivity index (χ1v) is 8.94.